The van der Waals surface area contributed by atoms with Crippen LogP contribution in [0.3, 0.4) is 0 Å². The average molecular weight is 457 g/mol. The van der Waals surface area contributed by atoms with Crippen molar-refractivity contribution in [1.82, 2.24) is 14.9 Å². The third-order valence-corrected chi connectivity index (χ3v) is 7.25. The number of amides is 1. The largest absolute Gasteiger partial charge is 0.491 e. The zero-order valence-corrected chi connectivity index (χ0v) is 19.8. The molecule has 2 aromatic heterocycles. The van der Waals surface area contributed by atoms with Gasteiger partial charge in [-0.15, -0.1) is 22.7 Å². The van der Waals surface area contributed by atoms with Crippen molar-refractivity contribution >= 4 is 28.6 Å². The molecule has 1 aromatic carbocycles. The maximum atomic E-state index is 11.7. The molecular formula is C23H28N4O2S2. The number of ether oxygens (including phenoxy) is 1. The Morgan fingerprint density at radius 2 is 2.00 bits per heavy atom. The Kier molecular flexibility index (Phi) is 6.69. The molecule has 0 saturated carbocycles. The second kappa shape index (κ2) is 9.46. The molecule has 2 N–H and O–H groups in total. The summed E-state index contributed by atoms with van der Waals surface area (Å²) >= 11 is 3.36. The fraction of sp³-hybridized carbons (Fsp3) is 0.435. The van der Waals surface area contributed by atoms with Crippen molar-refractivity contribution < 1.29 is 9.53 Å². The van der Waals surface area contributed by atoms with Crippen LogP contribution in [0, 0.1) is 6.92 Å². The number of hydrogen-bond acceptors (Lipinski definition) is 7. The second-order valence-corrected chi connectivity index (χ2v) is 10.2. The first-order chi connectivity index (χ1) is 14.9. The second-order valence-electron chi connectivity index (χ2n) is 8.16. The van der Waals surface area contributed by atoms with Gasteiger partial charge in [0.25, 0.3) is 0 Å². The van der Waals surface area contributed by atoms with Gasteiger partial charge in [0.2, 0.25) is 5.91 Å². The Morgan fingerprint density at radius 3 is 2.71 bits per heavy atom. The van der Waals surface area contributed by atoms with Gasteiger partial charge in [0.15, 0.2) is 0 Å². The van der Waals surface area contributed by atoms with Crippen LogP contribution in [0.4, 0.5) is 0 Å². The number of hydrogen-bond donors (Lipinski definition) is 1. The van der Waals surface area contributed by atoms with Gasteiger partial charge in [-0.3, -0.25) is 9.69 Å². The van der Waals surface area contributed by atoms with E-state index in [1.54, 1.807) is 28.7 Å². The number of benzene rings is 1. The van der Waals surface area contributed by atoms with Gasteiger partial charge in [0, 0.05) is 22.9 Å². The van der Waals surface area contributed by atoms with Crippen molar-refractivity contribution in [2.45, 2.75) is 52.7 Å². The Balaban J connectivity index is 1.55. The summed E-state index contributed by atoms with van der Waals surface area (Å²) in [4.78, 5) is 24.9. The zero-order chi connectivity index (χ0) is 22.0. The number of carbonyl (C=O) groups is 1. The molecule has 0 bridgehead atoms. The number of carbonyl (C=O) groups excluding carboxylic acids is 1. The normalized spacial score (nSPS) is 14.5. The maximum absolute atomic E-state index is 11.7. The summed E-state index contributed by atoms with van der Waals surface area (Å²) in [5.74, 6) is 0.321. The van der Waals surface area contributed by atoms with E-state index in [2.05, 4.69) is 17.2 Å². The molecule has 3 heterocycles. The van der Waals surface area contributed by atoms with Crippen LogP contribution in [0.5, 0.6) is 5.75 Å². The zero-order valence-electron chi connectivity index (χ0n) is 18.2. The highest BCUT2D eigenvalue weighted by atomic mass is 32.1. The molecular weight excluding hydrogens is 428 g/mol. The molecule has 164 valence electrons. The summed E-state index contributed by atoms with van der Waals surface area (Å²) in [5.41, 5.74) is 8.89. The van der Waals surface area contributed by atoms with E-state index in [4.69, 9.17) is 20.4 Å². The molecule has 6 nitrogen and oxygen atoms in total. The molecule has 0 atom stereocenters. The minimum atomic E-state index is -0.442. The van der Waals surface area contributed by atoms with Crippen LogP contribution in [0.25, 0.3) is 10.6 Å². The molecule has 0 aliphatic carbocycles. The number of likely N-dealkylation sites (tertiary alicyclic amines) is 1. The maximum Gasteiger partial charge on any atom is 0.248 e. The van der Waals surface area contributed by atoms with Gasteiger partial charge in [-0.05, 0) is 64.9 Å². The molecule has 3 aromatic rings. The summed E-state index contributed by atoms with van der Waals surface area (Å²) in [5, 5.41) is 4.22. The van der Waals surface area contributed by atoms with Crippen LogP contribution in [0.15, 0.2) is 23.6 Å². The van der Waals surface area contributed by atoms with E-state index >= 15 is 0 Å². The van der Waals surface area contributed by atoms with Gasteiger partial charge >= 0.3 is 0 Å². The summed E-state index contributed by atoms with van der Waals surface area (Å²) in [6, 6.07) is 5.34. The van der Waals surface area contributed by atoms with Gasteiger partial charge < -0.3 is 10.5 Å². The topological polar surface area (TPSA) is 81.3 Å². The Bertz CT molecular complexity index is 1070. The number of rotatable bonds is 8. The Labute approximate surface area is 191 Å². The van der Waals surface area contributed by atoms with E-state index in [1.807, 2.05) is 26.0 Å². The van der Waals surface area contributed by atoms with E-state index in [1.165, 1.54) is 25.9 Å². The lowest BCUT2D eigenvalue weighted by Crippen LogP contribution is -2.18. The first-order valence-corrected chi connectivity index (χ1v) is 12.3. The number of aryl methyl sites for hydroxylation is 1. The minimum Gasteiger partial charge on any atom is -0.491 e. The van der Waals surface area contributed by atoms with Crippen molar-refractivity contribution in [2.24, 2.45) is 5.73 Å². The Morgan fingerprint density at radius 1 is 1.23 bits per heavy atom. The number of primary amides is 1. The molecule has 1 aliphatic heterocycles. The molecule has 0 spiro atoms. The first-order valence-electron chi connectivity index (χ1n) is 10.6. The van der Waals surface area contributed by atoms with Gasteiger partial charge in [-0.25, -0.2) is 9.97 Å². The summed E-state index contributed by atoms with van der Waals surface area (Å²) in [6.45, 7) is 9.29. The minimum absolute atomic E-state index is 0.0407. The van der Waals surface area contributed by atoms with Crippen molar-refractivity contribution in [3.63, 3.8) is 0 Å². The molecule has 0 radical (unpaired) electrons. The molecule has 0 unspecified atom stereocenters. The average Bonchev–Trinajstić information content (AvgIpc) is 3.45. The quantitative estimate of drug-likeness (QED) is 0.534. The fourth-order valence-corrected chi connectivity index (χ4v) is 5.74. The summed E-state index contributed by atoms with van der Waals surface area (Å²) in [6.07, 6.45) is 3.20. The lowest BCUT2D eigenvalue weighted by atomic mass is 10.1. The lowest BCUT2D eigenvalue weighted by Gasteiger charge is -2.14. The van der Waals surface area contributed by atoms with E-state index in [9.17, 15) is 4.79 Å². The van der Waals surface area contributed by atoms with E-state index in [0.717, 1.165) is 44.1 Å². The number of nitrogens with zero attached hydrogens (tertiary/aromatic N) is 3. The molecule has 8 heteroatoms. The highest BCUT2D eigenvalue weighted by molar-refractivity contribution is 7.16. The first kappa shape index (κ1) is 21.9. The van der Waals surface area contributed by atoms with Crippen LogP contribution in [-0.2, 0) is 13.0 Å². The van der Waals surface area contributed by atoms with Crippen molar-refractivity contribution in [2.75, 3.05) is 13.1 Å². The van der Waals surface area contributed by atoms with Gasteiger partial charge in [-0.1, -0.05) is 0 Å². The van der Waals surface area contributed by atoms with E-state index in [0.29, 0.717) is 12.0 Å². The predicted molar refractivity (Wildman–Crippen MR) is 126 cm³/mol. The van der Waals surface area contributed by atoms with Crippen LogP contribution in [-0.4, -0.2) is 40.0 Å². The summed E-state index contributed by atoms with van der Waals surface area (Å²) in [7, 11) is 0. The smallest absolute Gasteiger partial charge is 0.248 e. The van der Waals surface area contributed by atoms with E-state index in [-0.39, 0.29) is 6.10 Å². The van der Waals surface area contributed by atoms with Crippen molar-refractivity contribution in [3.8, 4) is 16.3 Å². The van der Waals surface area contributed by atoms with Gasteiger partial charge in [0.05, 0.1) is 33.9 Å². The van der Waals surface area contributed by atoms with Crippen LogP contribution < -0.4 is 10.5 Å². The SMILES string of the molecule is Cc1nc(CN2CCCC2)sc1-c1csc(Cc2cc(C(N)=O)ccc2OC(C)C)n1. The fourth-order valence-electron chi connectivity index (χ4n) is 3.79. The highest BCUT2D eigenvalue weighted by Crippen LogP contribution is 2.33. The lowest BCUT2D eigenvalue weighted by molar-refractivity contribution is 0.1000. The predicted octanol–water partition coefficient (Wildman–Crippen LogP) is 4.65. The van der Waals surface area contributed by atoms with Gasteiger partial charge in [-0.2, -0.15) is 0 Å². The third kappa shape index (κ3) is 5.31. The standard InChI is InChI=1S/C23H28N4O2S2/c1-14(2)29-19-7-6-16(23(24)28)10-17(19)11-20-26-18(13-30-20)22-15(3)25-21(31-22)12-27-8-4-5-9-27/h6-7,10,13-14H,4-5,8-9,11-12H2,1-3H3,(H2,24,28). The van der Waals surface area contributed by atoms with E-state index < -0.39 is 5.91 Å². The van der Waals surface area contributed by atoms with Crippen LogP contribution in [0.1, 0.15) is 58.3 Å². The molecule has 4 rings (SSSR count). The monoisotopic (exact) mass is 456 g/mol. The number of nitrogens with two attached hydrogens (primary N) is 1. The number of aromatic nitrogens is 2. The summed E-state index contributed by atoms with van der Waals surface area (Å²) < 4.78 is 5.94. The molecule has 1 amide bonds. The number of thiazole rings is 2. The van der Waals surface area contributed by atoms with Gasteiger partial charge in [0.1, 0.15) is 10.8 Å². The van der Waals surface area contributed by atoms with Crippen LogP contribution >= 0.6 is 22.7 Å². The van der Waals surface area contributed by atoms with Crippen molar-refractivity contribution in [3.05, 3.63) is 50.4 Å². The highest BCUT2D eigenvalue weighted by Gasteiger charge is 2.18. The Hall–Kier alpha value is -2.29. The molecule has 1 aliphatic rings. The molecule has 1 saturated heterocycles. The van der Waals surface area contributed by atoms with Crippen molar-refractivity contribution in [1.29, 1.82) is 0 Å². The molecule has 1 fully saturated rings. The third-order valence-electron chi connectivity index (χ3n) is 5.23. The van der Waals surface area contributed by atoms with Crippen LogP contribution in [0.2, 0.25) is 0 Å². The molecule has 31 heavy (non-hydrogen) atoms.